The third-order valence-corrected chi connectivity index (χ3v) is 5.90. The van der Waals surface area contributed by atoms with Crippen LogP contribution >= 0.6 is 0 Å². The summed E-state index contributed by atoms with van der Waals surface area (Å²) in [6.07, 6.45) is 1.95. The van der Waals surface area contributed by atoms with E-state index in [1.807, 2.05) is 6.92 Å². The van der Waals surface area contributed by atoms with Crippen molar-refractivity contribution in [2.24, 2.45) is 5.16 Å². The fourth-order valence-corrected chi connectivity index (χ4v) is 4.19. The number of aromatic amines is 1. The second-order valence-corrected chi connectivity index (χ2v) is 8.02. The third kappa shape index (κ3) is 4.45. The number of hydrogen-bond donors (Lipinski definition) is 1. The van der Waals surface area contributed by atoms with Crippen LogP contribution in [0, 0.1) is 6.92 Å². The van der Waals surface area contributed by atoms with Gasteiger partial charge in [0.15, 0.2) is 5.82 Å². The van der Waals surface area contributed by atoms with Gasteiger partial charge in [-0.25, -0.2) is 4.98 Å². The van der Waals surface area contributed by atoms with E-state index in [9.17, 15) is 13.2 Å². The first-order chi connectivity index (χ1) is 14.9. The number of nitrogens with one attached hydrogen (secondary N) is 1. The molecule has 0 radical (unpaired) electrons. The molecule has 1 aromatic heterocycles. The molecule has 3 aromatic rings. The number of oxime groups is 1. The summed E-state index contributed by atoms with van der Waals surface area (Å²) in [6.45, 7) is 3.78. The molecule has 164 valence electrons. The van der Waals surface area contributed by atoms with E-state index in [2.05, 4.69) is 15.1 Å². The summed E-state index contributed by atoms with van der Waals surface area (Å²) in [4.78, 5) is 13.7. The highest BCUT2D eigenvalue weighted by atomic mass is 19.4. The lowest BCUT2D eigenvalue weighted by Crippen LogP contribution is -2.15. The van der Waals surface area contributed by atoms with Gasteiger partial charge in [0.2, 0.25) is 0 Å². The maximum Gasteiger partial charge on any atom is 0.417 e. The fraction of sp³-hybridized carbons (Fsp3) is 0.417. The SMILES string of the molecule is CC/C(=N\OC1CCCCC1)c1nc2c(C)c(-c3ccccc3C(F)(F)F)ccc2[nH]1. The molecule has 1 aliphatic rings. The number of aryl methyl sites for hydroxylation is 1. The van der Waals surface area contributed by atoms with Gasteiger partial charge in [-0.2, -0.15) is 13.2 Å². The van der Waals surface area contributed by atoms with E-state index in [4.69, 9.17) is 4.84 Å². The summed E-state index contributed by atoms with van der Waals surface area (Å²) >= 11 is 0. The van der Waals surface area contributed by atoms with Crippen molar-refractivity contribution in [3.05, 3.63) is 53.3 Å². The molecule has 7 heteroatoms. The summed E-state index contributed by atoms with van der Waals surface area (Å²) in [5.41, 5.74) is 2.84. The predicted octanol–water partition coefficient (Wildman–Crippen LogP) is 7.02. The molecule has 0 bridgehead atoms. The van der Waals surface area contributed by atoms with Crippen molar-refractivity contribution in [2.75, 3.05) is 0 Å². The Hall–Kier alpha value is -2.83. The number of aromatic nitrogens is 2. The van der Waals surface area contributed by atoms with E-state index in [1.54, 1.807) is 25.1 Å². The van der Waals surface area contributed by atoms with Gasteiger partial charge in [0.05, 0.1) is 16.6 Å². The smallest absolute Gasteiger partial charge is 0.392 e. The van der Waals surface area contributed by atoms with Crippen LogP contribution in [0.25, 0.3) is 22.2 Å². The second kappa shape index (κ2) is 8.73. The highest BCUT2D eigenvalue weighted by Crippen LogP contribution is 2.39. The summed E-state index contributed by atoms with van der Waals surface area (Å²) in [5.74, 6) is 0.595. The van der Waals surface area contributed by atoms with Crippen LogP contribution in [0.2, 0.25) is 0 Å². The normalized spacial score (nSPS) is 16.1. The first-order valence-corrected chi connectivity index (χ1v) is 10.8. The summed E-state index contributed by atoms with van der Waals surface area (Å²) in [7, 11) is 0. The fourth-order valence-electron chi connectivity index (χ4n) is 4.19. The largest absolute Gasteiger partial charge is 0.417 e. The molecular formula is C24H26F3N3O. The molecule has 0 atom stereocenters. The van der Waals surface area contributed by atoms with Crippen LogP contribution in [0.1, 0.15) is 62.4 Å². The van der Waals surface area contributed by atoms with E-state index in [0.717, 1.165) is 37.3 Å². The van der Waals surface area contributed by atoms with Crippen molar-refractivity contribution < 1.29 is 18.0 Å². The number of rotatable bonds is 5. The number of fused-ring (bicyclic) bond motifs is 1. The maximum absolute atomic E-state index is 13.5. The molecule has 0 spiro atoms. The molecule has 0 aliphatic heterocycles. The van der Waals surface area contributed by atoms with Gasteiger partial charge >= 0.3 is 6.18 Å². The monoisotopic (exact) mass is 429 g/mol. The van der Waals surface area contributed by atoms with Crippen LogP contribution in [0.5, 0.6) is 0 Å². The second-order valence-electron chi connectivity index (χ2n) is 8.02. The minimum absolute atomic E-state index is 0.145. The minimum Gasteiger partial charge on any atom is -0.392 e. The number of H-pyrrole nitrogens is 1. The van der Waals surface area contributed by atoms with Crippen molar-refractivity contribution in [1.82, 2.24) is 9.97 Å². The van der Waals surface area contributed by atoms with Crippen LogP contribution in [0.15, 0.2) is 41.6 Å². The van der Waals surface area contributed by atoms with Gasteiger partial charge in [-0.1, -0.05) is 42.8 Å². The number of imidazole rings is 1. The molecule has 1 heterocycles. The predicted molar refractivity (Wildman–Crippen MR) is 116 cm³/mol. The summed E-state index contributed by atoms with van der Waals surface area (Å²) in [5, 5.41) is 4.36. The molecule has 1 fully saturated rings. The van der Waals surface area contributed by atoms with Crippen LogP contribution in [0.3, 0.4) is 0 Å². The topological polar surface area (TPSA) is 50.3 Å². The molecule has 31 heavy (non-hydrogen) atoms. The van der Waals surface area contributed by atoms with Gasteiger partial charge in [-0.15, -0.1) is 0 Å². The van der Waals surface area contributed by atoms with Gasteiger partial charge in [0.25, 0.3) is 0 Å². The summed E-state index contributed by atoms with van der Waals surface area (Å²) in [6, 6.07) is 9.13. The van der Waals surface area contributed by atoms with Crippen LogP contribution in [-0.2, 0) is 11.0 Å². The number of nitrogens with zero attached hydrogens (tertiary/aromatic N) is 2. The molecule has 0 amide bonds. The van der Waals surface area contributed by atoms with Gasteiger partial charge in [-0.3, -0.25) is 0 Å². The van der Waals surface area contributed by atoms with E-state index in [1.165, 1.54) is 18.6 Å². The average Bonchev–Trinajstić information content (AvgIpc) is 3.20. The Bertz CT molecular complexity index is 1100. The van der Waals surface area contributed by atoms with E-state index < -0.39 is 11.7 Å². The number of alkyl halides is 3. The van der Waals surface area contributed by atoms with Crippen molar-refractivity contribution in [1.29, 1.82) is 0 Å². The van der Waals surface area contributed by atoms with Crippen molar-refractivity contribution in [3.63, 3.8) is 0 Å². The van der Waals surface area contributed by atoms with Crippen molar-refractivity contribution in [3.8, 4) is 11.1 Å². The average molecular weight is 429 g/mol. The van der Waals surface area contributed by atoms with E-state index in [-0.39, 0.29) is 11.7 Å². The summed E-state index contributed by atoms with van der Waals surface area (Å²) < 4.78 is 40.6. The zero-order chi connectivity index (χ0) is 22.0. The van der Waals surface area contributed by atoms with Crippen LogP contribution in [0.4, 0.5) is 13.2 Å². The lowest BCUT2D eigenvalue weighted by molar-refractivity contribution is -0.137. The third-order valence-electron chi connectivity index (χ3n) is 5.90. The number of halogens is 3. The van der Waals surface area contributed by atoms with Crippen molar-refractivity contribution >= 4 is 16.7 Å². The molecule has 4 rings (SSSR count). The van der Waals surface area contributed by atoms with Gasteiger partial charge < -0.3 is 9.82 Å². The lowest BCUT2D eigenvalue weighted by Gasteiger charge is -2.19. The molecule has 1 aliphatic carbocycles. The first-order valence-electron chi connectivity index (χ1n) is 10.8. The molecule has 4 nitrogen and oxygen atoms in total. The number of benzene rings is 2. The Labute approximate surface area is 179 Å². The molecule has 0 unspecified atom stereocenters. The maximum atomic E-state index is 13.5. The molecular weight excluding hydrogens is 403 g/mol. The Morgan fingerprint density at radius 1 is 1.10 bits per heavy atom. The van der Waals surface area contributed by atoms with Gasteiger partial charge in [0, 0.05) is 0 Å². The quantitative estimate of drug-likeness (QED) is 0.350. The Kier molecular flexibility index (Phi) is 6.03. The van der Waals surface area contributed by atoms with E-state index >= 15 is 0 Å². The van der Waals surface area contributed by atoms with E-state index in [0.29, 0.717) is 34.6 Å². The molecule has 0 saturated heterocycles. The molecule has 1 N–H and O–H groups in total. The lowest BCUT2D eigenvalue weighted by atomic mass is 9.95. The van der Waals surface area contributed by atoms with Crippen molar-refractivity contribution in [2.45, 2.75) is 64.7 Å². The first kappa shape index (κ1) is 21.4. The molecule has 2 aromatic carbocycles. The molecule has 1 saturated carbocycles. The Morgan fingerprint density at radius 2 is 1.84 bits per heavy atom. The van der Waals surface area contributed by atoms with Gasteiger partial charge in [0.1, 0.15) is 11.8 Å². The Morgan fingerprint density at radius 3 is 2.55 bits per heavy atom. The zero-order valence-corrected chi connectivity index (χ0v) is 17.7. The standard InChI is InChI=1S/C24H26F3N3O/c1-3-20(30-31-16-9-5-4-6-10-16)23-28-21-14-13-17(15(2)22(21)29-23)18-11-7-8-12-19(18)24(25,26)27/h7-8,11-14,16H,3-6,9-10H2,1-2H3,(H,28,29)/b30-20+. The van der Waals surface area contributed by atoms with Crippen LogP contribution < -0.4 is 0 Å². The zero-order valence-electron chi connectivity index (χ0n) is 17.7. The highest BCUT2D eigenvalue weighted by molar-refractivity contribution is 6.00. The number of hydrogen-bond acceptors (Lipinski definition) is 3. The minimum atomic E-state index is -4.42. The van der Waals surface area contributed by atoms with Crippen LogP contribution in [-0.4, -0.2) is 21.8 Å². The Balaban J connectivity index is 1.70. The highest BCUT2D eigenvalue weighted by Gasteiger charge is 2.33. The van der Waals surface area contributed by atoms with Gasteiger partial charge in [-0.05, 0) is 67.9 Å².